The summed E-state index contributed by atoms with van der Waals surface area (Å²) in [5, 5.41) is 0. The minimum Gasteiger partial charge on any atom is -0.369 e. The van der Waals surface area contributed by atoms with Crippen molar-refractivity contribution in [2.45, 2.75) is 58.7 Å². The van der Waals surface area contributed by atoms with E-state index in [4.69, 9.17) is 15.0 Å². The summed E-state index contributed by atoms with van der Waals surface area (Å²) in [4.78, 5) is 32.4. The Balaban J connectivity index is 1.95. The van der Waals surface area contributed by atoms with Crippen LogP contribution in [-0.4, -0.2) is 49.0 Å². The lowest BCUT2D eigenvalue weighted by Gasteiger charge is -2.28. The fraction of sp³-hybridized carbons (Fsp3) is 0.706. The Hall–Kier alpha value is -1.81. The van der Waals surface area contributed by atoms with E-state index in [0.717, 1.165) is 0 Å². The van der Waals surface area contributed by atoms with Gasteiger partial charge in [-0.25, -0.2) is 9.37 Å². The van der Waals surface area contributed by atoms with Crippen molar-refractivity contribution in [1.82, 2.24) is 19.5 Å². The van der Waals surface area contributed by atoms with E-state index >= 15 is 4.39 Å². The minimum atomic E-state index is -3.81. The molecule has 6 unspecified atom stereocenters. The molecule has 4 N–H and O–H groups in total. The van der Waals surface area contributed by atoms with E-state index in [9.17, 15) is 14.3 Å². The van der Waals surface area contributed by atoms with E-state index in [1.165, 1.54) is 10.9 Å². The third kappa shape index (κ3) is 4.23. The molecule has 2 aromatic rings. The number of alkyl halides is 1. The normalized spacial score (nSPS) is 28.1. The van der Waals surface area contributed by atoms with Crippen LogP contribution in [0.1, 0.15) is 40.3 Å². The molecule has 1 saturated heterocycles. The van der Waals surface area contributed by atoms with Gasteiger partial charge in [0.05, 0.1) is 18.5 Å². The Morgan fingerprint density at radius 3 is 2.79 bits per heavy atom. The molecule has 0 saturated carbocycles. The molecular formula is C17H27FN5O5P. The third-order valence-corrected chi connectivity index (χ3v) is 6.78. The Morgan fingerprint density at radius 2 is 2.17 bits per heavy atom. The number of hydrogen-bond acceptors (Lipinski definition) is 7. The first-order valence-electron chi connectivity index (χ1n) is 9.57. The van der Waals surface area contributed by atoms with E-state index in [1.807, 2.05) is 13.8 Å². The molecule has 3 heterocycles. The summed E-state index contributed by atoms with van der Waals surface area (Å²) in [6.07, 6.45) is -2.42. The SMILES string of the molecule is CCCP(=O)(O)OC(C)C1OC(n2cnc3c(=O)[nH]c(N)nc32)C(F)C1C(C)C. The lowest BCUT2D eigenvalue weighted by molar-refractivity contribution is -0.0634. The highest BCUT2D eigenvalue weighted by atomic mass is 31.2. The number of nitrogens with two attached hydrogens (primary N) is 1. The van der Waals surface area contributed by atoms with Gasteiger partial charge in [0.2, 0.25) is 5.95 Å². The molecule has 2 aromatic heterocycles. The predicted octanol–water partition coefficient (Wildman–Crippen LogP) is 2.21. The molecule has 1 aliphatic heterocycles. The predicted molar refractivity (Wildman–Crippen MR) is 105 cm³/mol. The van der Waals surface area contributed by atoms with Gasteiger partial charge in [-0.15, -0.1) is 0 Å². The van der Waals surface area contributed by atoms with Crippen LogP contribution in [0, 0.1) is 11.8 Å². The average molecular weight is 431 g/mol. The summed E-state index contributed by atoms with van der Waals surface area (Å²) in [7, 11) is -3.81. The standard InChI is InChI=1S/C17H27FN5O5P/c1-5-6-29(25,26)28-9(4)13-10(8(2)3)11(18)16(27-13)23-7-20-12-14(23)21-17(19)22-15(12)24/h7-11,13,16H,5-6H2,1-4H3,(H,25,26)(H3,19,21,22,24). The van der Waals surface area contributed by atoms with Gasteiger partial charge in [0.25, 0.3) is 5.56 Å². The van der Waals surface area contributed by atoms with Crippen LogP contribution in [0.3, 0.4) is 0 Å². The van der Waals surface area contributed by atoms with E-state index < -0.39 is 43.7 Å². The number of ether oxygens (including phenoxy) is 1. The Labute approximate surface area is 167 Å². The number of fused-ring (bicyclic) bond motifs is 1. The van der Waals surface area contributed by atoms with Crippen molar-refractivity contribution in [3.63, 3.8) is 0 Å². The second-order valence-corrected chi connectivity index (χ2v) is 9.64. The van der Waals surface area contributed by atoms with Gasteiger partial charge in [-0.1, -0.05) is 20.8 Å². The van der Waals surface area contributed by atoms with E-state index in [0.29, 0.717) is 6.42 Å². The quantitative estimate of drug-likeness (QED) is 0.566. The number of nitrogen functional groups attached to an aromatic ring is 1. The van der Waals surface area contributed by atoms with Crippen molar-refractivity contribution in [3.8, 4) is 0 Å². The van der Waals surface area contributed by atoms with Gasteiger partial charge in [-0.3, -0.25) is 18.9 Å². The van der Waals surface area contributed by atoms with Crippen molar-refractivity contribution < 1.29 is 23.1 Å². The maximum absolute atomic E-state index is 15.5. The molecule has 162 valence electrons. The summed E-state index contributed by atoms with van der Waals surface area (Å²) in [6.45, 7) is 7.07. The van der Waals surface area contributed by atoms with Gasteiger partial charge in [0.15, 0.2) is 23.6 Å². The topological polar surface area (TPSA) is 145 Å². The first-order valence-corrected chi connectivity index (χ1v) is 11.3. The Kier molecular flexibility index (Phi) is 6.14. The molecule has 0 amide bonds. The smallest absolute Gasteiger partial charge is 0.328 e. The lowest BCUT2D eigenvalue weighted by atomic mass is 9.85. The fourth-order valence-electron chi connectivity index (χ4n) is 3.87. The Bertz CT molecular complexity index is 979. The van der Waals surface area contributed by atoms with E-state index in [-0.39, 0.29) is 29.2 Å². The van der Waals surface area contributed by atoms with Crippen LogP contribution < -0.4 is 11.3 Å². The van der Waals surface area contributed by atoms with Crippen LogP contribution in [0.25, 0.3) is 11.2 Å². The van der Waals surface area contributed by atoms with Gasteiger partial charge in [0.1, 0.15) is 0 Å². The van der Waals surface area contributed by atoms with Crippen LogP contribution in [0.2, 0.25) is 0 Å². The molecule has 1 fully saturated rings. The van der Waals surface area contributed by atoms with Gasteiger partial charge in [-0.05, 0) is 19.3 Å². The molecule has 29 heavy (non-hydrogen) atoms. The van der Waals surface area contributed by atoms with Crippen molar-refractivity contribution in [2.75, 3.05) is 11.9 Å². The molecule has 0 radical (unpaired) electrons. The molecule has 0 aromatic carbocycles. The van der Waals surface area contributed by atoms with Gasteiger partial charge >= 0.3 is 7.60 Å². The van der Waals surface area contributed by atoms with Crippen LogP contribution in [-0.2, 0) is 13.8 Å². The highest BCUT2D eigenvalue weighted by Gasteiger charge is 2.50. The van der Waals surface area contributed by atoms with Crippen LogP contribution in [0.15, 0.2) is 11.1 Å². The third-order valence-electron chi connectivity index (χ3n) is 5.11. The summed E-state index contributed by atoms with van der Waals surface area (Å²) in [6, 6.07) is 0. The Morgan fingerprint density at radius 1 is 1.48 bits per heavy atom. The monoisotopic (exact) mass is 431 g/mol. The van der Waals surface area contributed by atoms with Gasteiger partial charge in [0, 0.05) is 12.1 Å². The number of nitrogens with zero attached hydrogens (tertiary/aromatic N) is 3. The first-order chi connectivity index (χ1) is 13.6. The fourth-order valence-corrected chi connectivity index (χ4v) is 5.18. The number of hydrogen-bond donors (Lipinski definition) is 3. The van der Waals surface area contributed by atoms with Crippen LogP contribution in [0.5, 0.6) is 0 Å². The number of nitrogens with one attached hydrogen (secondary N) is 1. The second kappa shape index (κ2) is 8.14. The number of aromatic nitrogens is 4. The molecule has 0 spiro atoms. The maximum Gasteiger partial charge on any atom is 0.328 e. The van der Waals surface area contributed by atoms with Crippen molar-refractivity contribution >= 4 is 24.7 Å². The number of anilines is 1. The molecular weight excluding hydrogens is 404 g/mol. The lowest BCUT2D eigenvalue weighted by Crippen LogP contribution is -2.35. The minimum absolute atomic E-state index is 0.0109. The number of H-pyrrole nitrogens is 1. The highest BCUT2D eigenvalue weighted by molar-refractivity contribution is 7.52. The number of rotatable bonds is 7. The zero-order valence-corrected chi connectivity index (χ0v) is 17.7. The molecule has 12 heteroatoms. The molecule has 10 nitrogen and oxygen atoms in total. The molecule has 6 atom stereocenters. The molecule has 0 aliphatic carbocycles. The number of imidazole rings is 1. The molecule has 1 aliphatic rings. The van der Waals surface area contributed by atoms with E-state index in [1.54, 1.807) is 13.8 Å². The highest BCUT2D eigenvalue weighted by Crippen LogP contribution is 2.48. The summed E-state index contributed by atoms with van der Waals surface area (Å²) in [5.74, 6) is -0.855. The van der Waals surface area contributed by atoms with Crippen molar-refractivity contribution in [2.24, 2.45) is 11.8 Å². The van der Waals surface area contributed by atoms with Crippen LogP contribution >= 0.6 is 7.60 Å². The number of halogens is 1. The zero-order valence-electron chi connectivity index (χ0n) is 16.8. The number of aromatic amines is 1. The van der Waals surface area contributed by atoms with Gasteiger partial charge < -0.3 is 19.9 Å². The van der Waals surface area contributed by atoms with Crippen molar-refractivity contribution in [1.29, 1.82) is 0 Å². The molecule has 0 bridgehead atoms. The van der Waals surface area contributed by atoms with Gasteiger partial charge in [-0.2, -0.15) is 4.98 Å². The first kappa shape index (κ1) is 21.9. The maximum atomic E-state index is 15.5. The second-order valence-electron chi connectivity index (χ2n) is 7.70. The van der Waals surface area contributed by atoms with Crippen molar-refractivity contribution in [3.05, 3.63) is 16.7 Å². The summed E-state index contributed by atoms with van der Waals surface area (Å²) >= 11 is 0. The van der Waals surface area contributed by atoms with E-state index in [2.05, 4.69) is 15.0 Å². The molecule has 3 rings (SSSR count). The van der Waals surface area contributed by atoms with Crippen LogP contribution in [0.4, 0.5) is 10.3 Å². The summed E-state index contributed by atoms with van der Waals surface area (Å²) < 4.78 is 40.4. The summed E-state index contributed by atoms with van der Waals surface area (Å²) in [5.41, 5.74) is 5.21. The average Bonchev–Trinajstić information content (AvgIpc) is 3.15. The largest absolute Gasteiger partial charge is 0.369 e. The zero-order chi connectivity index (χ0) is 21.5.